The number of hydrogen-bond acceptors (Lipinski definition) is 4. The quantitative estimate of drug-likeness (QED) is 0.506. The van der Waals surface area contributed by atoms with Crippen molar-refractivity contribution >= 4 is 34.2 Å². The average molecular weight is 488 g/mol. The van der Waals surface area contributed by atoms with Gasteiger partial charge in [0.25, 0.3) is 5.91 Å². The Morgan fingerprint density at radius 3 is 2.31 bits per heavy atom. The summed E-state index contributed by atoms with van der Waals surface area (Å²) in [6.07, 6.45) is 0.438. The van der Waals surface area contributed by atoms with Crippen LogP contribution < -0.4 is 15.0 Å². The summed E-state index contributed by atoms with van der Waals surface area (Å²) in [4.78, 5) is 43.5. The van der Waals surface area contributed by atoms with Crippen LogP contribution in [0.2, 0.25) is 0 Å². The van der Waals surface area contributed by atoms with Gasteiger partial charge in [0.2, 0.25) is 11.8 Å². The monoisotopic (exact) mass is 487 g/mol. The fraction of sp³-hybridized carbons (Fsp3) is 0.345. The Hall–Kier alpha value is -3.87. The smallest absolute Gasteiger partial charge is 0.259 e. The number of carbonyl (C=O) groups excluding carboxylic acids is 3. The summed E-state index contributed by atoms with van der Waals surface area (Å²) in [6.45, 7) is 7.70. The van der Waals surface area contributed by atoms with Crippen molar-refractivity contribution in [1.29, 1.82) is 0 Å². The van der Waals surface area contributed by atoms with Crippen LogP contribution in [0.15, 0.2) is 60.7 Å². The highest BCUT2D eigenvalue weighted by Gasteiger charge is 2.35. The second-order valence-corrected chi connectivity index (χ2v) is 10.1. The molecule has 1 aliphatic rings. The molecular formula is C29H33N3O4. The Balaban J connectivity index is 1.65. The van der Waals surface area contributed by atoms with E-state index in [-0.39, 0.29) is 30.8 Å². The summed E-state index contributed by atoms with van der Waals surface area (Å²) < 4.78 is 5.25. The third-order valence-corrected chi connectivity index (χ3v) is 6.34. The van der Waals surface area contributed by atoms with Gasteiger partial charge in [-0.1, -0.05) is 43.3 Å². The minimum absolute atomic E-state index is 0.151. The molecule has 3 amide bonds. The maximum atomic E-state index is 13.8. The van der Waals surface area contributed by atoms with Crippen LogP contribution in [0.1, 0.15) is 50.0 Å². The zero-order valence-electron chi connectivity index (χ0n) is 21.5. The van der Waals surface area contributed by atoms with Gasteiger partial charge in [-0.25, -0.2) is 0 Å². The second-order valence-electron chi connectivity index (χ2n) is 10.1. The Bertz CT molecular complexity index is 1290. The topological polar surface area (TPSA) is 79.0 Å². The summed E-state index contributed by atoms with van der Waals surface area (Å²) in [7, 11) is 1.60. The molecule has 7 heteroatoms. The van der Waals surface area contributed by atoms with Crippen LogP contribution in [-0.4, -0.2) is 47.9 Å². The van der Waals surface area contributed by atoms with Crippen molar-refractivity contribution < 1.29 is 19.1 Å². The second kappa shape index (κ2) is 10.0. The van der Waals surface area contributed by atoms with Gasteiger partial charge in [0.15, 0.2) is 0 Å². The highest BCUT2D eigenvalue weighted by Crippen LogP contribution is 2.37. The maximum Gasteiger partial charge on any atom is 0.259 e. The third-order valence-electron chi connectivity index (χ3n) is 6.34. The number of ether oxygens (including phenoxy) is 1. The molecule has 0 aliphatic carbocycles. The molecule has 0 bridgehead atoms. The number of hydrogen-bond donors (Lipinski definition) is 1. The Labute approximate surface area is 212 Å². The van der Waals surface area contributed by atoms with Crippen molar-refractivity contribution in [3.05, 3.63) is 71.8 Å². The molecule has 0 aromatic heterocycles. The van der Waals surface area contributed by atoms with Crippen LogP contribution in [0.4, 0.5) is 5.69 Å². The summed E-state index contributed by atoms with van der Waals surface area (Å²) in [5, 5.41) is 4.82. The molecule has 0 saturated carbocycles. The highest BCUT2D eigenvalue weighted by molar-refractivity contribution is 6.26. The van der Waals surface area contributed by atoms with Gasteiger partial charge in [0.1, 0.15) is 18.3 Å². The van der Waals surface area contributed by atoms with Gasteiger partial charge >= 0.3 is 0 Å². The minimum atomic E-state index is -0.685. The van der Waals surface area contributed by atoms with Crippen molar-refractivity contribution in [2.45, 2.75) is 52.2 Å². The van der Waals surface area contributed by atoms with Crippen LogP contribution in [0.3, 0.4) is 0 Å². The SMILES string of the molecule is CC[C@@H](C(=O)NC(C)(C)C)N(Cc1ccc(OC)cc1)C(=O)CN1C(=O)c2cccc3cccc1c23. The first-order valence-electron chi connectivity index (χ1n) is 12.2. The molecule has 0 fully saturated rings. The van der Waals surface area contributed by atoms with Crippen molar-refractivity contribution in [2.24, 2.45) is 0 Å². The lowest BCUT2D eigenvalue weighted by Gasteiger charge is -2.34. The van der Waals surface area contributed by atoms with Crippen LogP contribution in [0, 0.1) is 0 Å². The van der Waals surface area contributed by atoms with Gasteiger partial charge in [-0.05, 0) is 62.4 Å². The molecule has 7 nitrogen and oxygen atoms in total. The summed E-state index contributed by atoms with van der Waals surface area (Å²) >= 11 is 0. The minimum Gasteiger partial charge on any atom is -0.497 e. The number of benzene rings is 3. The molecule has 0 unspecified atom stereocenters. The average Bonchev–Trinajstić information content (AvgIpc) is 3.11. The van der Waals surface area contributed by atoms with E-state index in [1.54, 1.807) is 18.1 Å². The molecule has 1 atom stereocenters. The van der Waals surface area contributed by atoms with E-state index < -0.39 is 11.6 Å². The van der Waals surface area contributed by atoms with Crippen molar-refractivity contribution in [2.75, 3.05) is 18.6 Å². The van der Waals surface area contributed by atoms with E-state index in [1.165, 1.54) is 4.90 Å². The highest BCUT2D eigenvalue weighted by atomic mass is 16.5. The van der Waals surface area contributed by atoms with E-state index in [0.717, 1.165) is 22.0 Å². The predicted molar refractivity (Wildman–Crippen MR) is 141 cm³/mol. The molecule has 0 radical (unpaired) electrons. The van der Waals surface area contributed by atoms with E-state index in [4.69, 9.17) is 4.74 Å². The van der Waals surface area contributed by atoms with E-state index in [0.29, 0.717) is 17.7 Å². The molecule has 4 rings (SSSR count). The first-order valence-corrected chi connectivity index (χ1v) is 12.2. The lowest BCUT2D eigenvalue weighted by atomic mass is 10.1. The number of amides is 3. The van der Waals surface area contributed by atoms with Gasteiger partial charge < -0.3 is 15.0 Å². The zero-order chi connectivity index (χ0) is 26.0. The number of rotatable bonds is 8. The third kappa shape index (κ3) is 5.05. The lowest BCUT2D eigenvalue weighted by molar-refractivity contribution is -0.141. The largest absolute Gasteiger partial charge is 0.497 e. The van der Waals surface area contributed by atoms with Crippen LogP contribution in [0.5, 0.6) is 5.75 Å². The summed E-state index contributed by atoms with van der Waals surface area (Å²) in [6, 6.07) is 18.0. The Morgan fingerprint density at radius 2 is 1.69 bits per heavy atom. The fourth-order valence-electron chi connectivity index (χ4n) is 4.66. The summed E-state index contributed by atoms with van der Waals surface area (Å²) in [5.74, 6) is -0.000658. The fourth-order valence-corrected chi connectivity index (χ4v) is 4.66. The van der Waals surface area contributed by atoms with Crippen LogP contribution >= 0.6 is 0 Å². The molecule has 1 heterocycles. The van der Waals surface area contributed by atoms with Gasteiger partial charge in [-0.2, -0.15) is 0 Å². The molecule has 3 aromatic rings. The van der Waals surface area contributed by atoms with Crippen molar-refractivity contribution in [1.82, 2.24) is 10.2 Å². The van der Waals surface area contributed by atoms with Crippen LogP contribution in [0.25, 0.3) is 10.8 Å². The molecule has 0 saturated heterocycles. The number of carbonyl (C=O) groups is 3. The predicted octanol–water partition coefficient (Wildman–Crippen LogP) is 4.53. The molecule has 36 heavy (non-hydrogen) atoms. The number of methoxy groups -OCH3 is 1. The normalized spacial score (nSPS) is 13.6. The van der Waals surface area contributed by atoms with E-state index in [9.17, 15) is 14.4 Å². The Kier molecular flexibility index (Phi) is 7.02. The van der Waals surface area contributed by atoms with Gasteiger partial charge in [0.05, 0.1) is 12.8 Å². The molecule has 188 valence electrons. The number of nitrogens with one attached hydrogen (secondary N) is 1. The molecule has 1 aliphatic heterocycles. The summed E-state index contributed by atoms with van der Waals surface area (Å²) in [5.41, 5.74) is 1.74. The maximum absolute atomic E-state index is 13.8. The molecule has 3 aromatic carbocycles. The van der Waals surface area contributed by atoms with Crippen molar-refractivity contribution in [3.8, 4) is 5.75 Å². The number of nitrogens with zero attached hydrogens (tertiary/aromatic N) is 2. The van der Waals surface area contributed by atoms with Gasteiger partial charge in [-0.3, -0.25) is 19.3 Å². The first kappa shape index (κ1) is 25.2. The standard InChI is InChI=1S/C29H33N3O4/c1-6-23(27(34)30-29(2,3)4)31(17-19-13-15-21(36-5)16-14-19)25(33)18-32-24-12-8-10-20-9-7-11-22(26(20)24)28(32)35/h7-16,23H,6,17-18H2,1-5H3,(H,30,34)/t23-/m0/s1. The number of anilines is 1. The van der Waals surface area contributed by atoms with Crippen LogP contribution in [-0.2, 0) is 16.1 Å². The van der Waals surface area contributed by atoms with Crippen molar-refractivity contribution in [3.63, 3.8) is 0 Å². The van der Waals surface area contributed by atoms with Gasteiger partial charge in [-0.15, -0.1) is 0 Å². The van der Waals surface area contributed by atoms with E-state index in [2.05, 4.69) is 5.32 Å². The zero-order valence-corrected chi connectivity index (χ0v) is 21.5. The molecular weight excluding hydrogens is 454 g/mol. The van der Waals surface area contributed by atoms with Gasteiger partial charge in [0, 0.05) is 23.0 Å². The lowest BCUT2D eigenvalue weighted by Crippen LogP contribution is -2.55. The first-order chi connectivity index (χ1) is 17.1. The van der Waals surface area contributed by atoms with E-state index in [1.807, 2.05) is 82.3 Å². The Morgan fingerprint density at radius 1 is 1.03 bits per heavy atom. The van der Waals surface area contributed by atoms with E-state index >= 15 is 0 Å². The molecule has 1 N–H and O–H groups in total. The molecule has 0 spiro atoms.